The van der Waals surface area contributed by atoms with E-state index in [1.54, 1.807) is 18.2 Å². The number of anilines is 1. The van der Waals surface area contributed by atoms with Crippen molar-refractivity contribution in [2.75, 3.05) is 18.9 Å². The smallest absolute Gasteiger partial charge is 0.418 e. The predicted octanol–water partition coefficient (Wildman–Crippen LogP) is -0.839. The first-order valence-electron chi connectivity index (χ1n) is 14.9. The number of nitrogens with zero attached hydrogens (tertiary/aromatic N) is 3. The van der Waals surface area contributed by atoms with Gasteiger partial charge in [-0.1, -0.05) is 5.16 Å². The quantitative estimate of drug-likeness (QED) is 0.0435. The molecule has 0 bridgehead atoms. The van der Waals surface area contributed by atoms with Gasteiger partial charge >= 0.3 is 16.4 Å². The van der Waals surface area contributed by atoms with Gasteiger partial charge in [-0.3, -0.25) is 19.6 Å². The van der Waals surface area contributed by atoms with Gasteiger partial charge in [-0.15, -0.1) is 15.6 Å². The Morgan fingerprint density at radius 1 is 1.35 bits per heavy atom. The summed E-state index contributed by atoms with van der Waals surface area (Å²) in [6.07, 6.45) is 0.115. The highest BCUT2D eigenvalue weighted by atomic mass is 32.3. The van der Waals surface area contributed by atoms with Gasteiger partial charge in [0.25, 0.3) is 17.4 Å². The van der Waals surface area contributed by atoms with Gasteiger partial charge in [0, 0.05) is 29.6 Å². The van der Waals surface area contributed by atoms with Gasteiger partial charge in [-0.25, -0.2) is 9.78 Å². The topological polar surface area (TPSA) is 288 Å². The van der Waals surface area contributed by atoms with E-state index < -0.39 is 57.2 Å². The van der Waals surface area contributed by atoms with Gasteiger partial charge in [0.15, 0.2) is 16.9 Å². The summed E-state index contributed by atoms with van der Waals surface area (Å²) in [4.78, 5) is 48.3. The summed E-state index contributed by atoms with van der Waals surface area (Å²) in [5.74, 6) is -2.91. The van der Waals surface area contributed by atoms with Crippen LogP contribution in [0, 0.1) is 5.41 Å². The van der Waals surface area contributed by atoms with Gasteiger partial charge in [-0.05, 0) is 63.8 Å². The van der Waals surface area contributed by atoms with E-state index in [9.17, 15) is 33.0 Å². The SMILES string of the molecule is CC(O/N=C(\C(=O)N[C@@H]1C(=O)N(OS(=O)(=O)O)C1(C)C)c1csc(N)n1)(C(=O)O)[C@H]1CCc2cc(C(=N)N[C@H]3CN[C@H](CO)C3)ccc2O1. The summed E-state index contributed by atoms with van der Waals surface area (Å²) in [6, 6.07) is 3.69. The third kappa shape index (κ3) is 7.45. The molecule has 3 aliphatic heterocycles. The van der Waals surface area contributed by atoms with Crippen LogP contribution in [0.4, 0.5) is 5.13 Å². The van der Waals surface area contributed by atoms with Gasteiger partial charge in [0.05, 0.1) is 12.1 Å². The number of oxime groups is 1. The zero-order valence-corrected chi connectivity index (χ0v) is 28.1. The molecule has 1 aromatic carbocycles. The lowest BCUT2D eigenvalue weighted by Crippen LogP contribution is -2.76. The highest BCUT2D eigenvalue weighted by Crippen LogP contribution is 2.35. The van der Waals surface area contributed by atoms with Gasteiger partial charge in [0.1, 0.15) is 23.3 Å². The lowest BCUT2D eigenvalue weighted by atomic mass is 9.84. The Balaban J connectivity index is 1.32. The molecule has 5 rings (SSSR count). The number of aliphatic hydroxyl groups excluding tert-OH is 1. The van der Waals surface area contributed by atoms with E-state index in [-0.39, 0.29) is 41.8 Å². The average molecular weight is 725 g/mol. The number of fused-ring (bicyclic) bond motifs is 1. The van der Waals surface area contributed by atoms with Crippen molar-refractivity contribution >= 4 is 56.2 Å². The number of ether oxygens (including phenoxy) is 1. The van der Waals surface area contributed by atoms with Crippen LogP contribution in [0.1, 0.15) is 50.4 Å². The third-order valence-corrected chi connectivity index (χ3v) is 9.56. The molecule has 4 heterocycles. The molecular weight excluding hydrogens is 688 g/mol. The molecule has 9 N–H and O–H groups in total. The molecular formula is C28H36N8O11S2. The Morgan fingerprint density at radius 2 is 2.08 bits per heavy atom. The number of β-lactam (4-membered cyclic amide) rings is 1. The molecule has 1 unspecified atom stereocenters. The second-order valence-electron chi connectivity index (χ2n) is 12.4. The fourth-order valence-corrected chi connectivity index (χ4v) is 6.69. The standard InChI is InChI=1S/C28H36N8O11S2/c1-27(2)21(24(39)36(27)47-49(42,43)44)34-23(38)20(17-12-48-26(30)33-17)35-46-28(3,25(40)41)19-7-5-13-8-14(4-6-18(13)45-19)22(29)32-15-9-16(11-37)31-10-15/h4,6,8,12,15-16,19,21,31,37H,5,7,9-11H2,1-3H3,(H2,29,32)(H2,30,33)(H,34,38)(H,40,41)(H,42,43,44)/b35-20-/t15-,16+,19-,21-,28?/m1/s1. The molecule has 19 nitrogen and oxygen atoms in total. The number of hydroxylamine groups is 2. The molecule has 5 atom stereocenters. The number of nitrogens with two attached hydrogens (primary N) is 1. The van der Waals surface area contributed by atoms with Gasteiger partial charge in [-0.2, -0.15) is 13.5 Å². The number of carbonyl (C=O) groups is 3. The number of aromatic nitrogens is 1. The van der Waals surface area contributed by atoms with Crippen molar-refractivity contribution in [3.8, 4) is 5.75 Å². The van der Waals surface area contributed by atoms with Crippen LogP contribution in [-0.4, -0.2) is 111 Å². The van der Waals surface area contributed by atoms with Crippen LogP contribution in [0.15, 0.2) is 28.7 Å². The van der Waals surface area contributed by atoms with Gasteiger partial charge in [0.2, 0.25) is 0 Å². The van der Waals surface area contributed by atoms with E-state index in [0.29, 0.717) is 35.8 Å². The molecule has 2 fully saturated rings. The van der Waals surface area contributed by atoms with E-state index in [0.717, 1.165) is 16.9 Å². The Morgan fingerprint density at radius 3 is 2.67 bits per heavy atom. The van der Waals surface area contributed by atoms with Crippen molar-refractivity contribution in [2.24, 2.45) is 5.16 Å². The van der Waals surface area contributed by atoms with Crippen molar-refractivity contribution in [3.05, 3.63) is 40.4 Å². The van der Waals surface area contributed by atoms with Crippen LogP contribution >= 0.6 is 11.3 Å². The summed E-state index contributed by atoms with van der Waals surface area (Å²) in [5.41, 5.74) is 2.89. The number of hydrogen-bond donors (Lipinski definition) is 8. The number of thiazole rings is 1. The molecule has 2 aromatic rings. The van der Waals surface area contributed by atoms with Crippen molar-refractivity contribution < 1.29 is 51.4 Å². The van der Waals surface area contributed by atoms with E-state index in [2.05, 4.69) is 30.4 Å². The van der Waals surface area contributed by atoms with Crippen LogP contribution < -0.4 is 26.4 Å². The lowest BCUT2D eigenvalue weighted by molar-refractivity contribution is -0.218. The number of nitrogens with one attached hydrogen (secondary N) is 4. The minimum atomic E-state index is -5.04. The lowest BCUT2D eigenvalue weighted by Gasteiger charge is -2.50. The molecule has 1 aromatic heterocycles. The maximum atomic E-state index is 13.4. The second kappa shape index (κ2) is 13.5. The maximum absolute atomic E-state index is 13.4. The third-order valence-electron chi connectivity index (χ3n) is 8.55. The highest BCUT2D eigenvalue weighted by Gasteiger charge is 2.58. The van der Waals surface area contributed by atoms with E-state index in [1.165, 1.54) is 26.2 Å². The number of hydrogen-bond acceptors (Lipinski definition) is 15. The van der Waals surface area contributed by atoms with E-state index in [1.807, 2.05) is 0 Å². The molecule has 49 heavy (non-hydrogen) atoms. The van der Waals surface area contributed by atoms with E-state index in [4.69, 9.17) is 25.3 Å². The number of nitrogen functional groups attached to an aromatic ring is 1. The van der Waals surface area contributed by atoms with Gasteiger partial charge < -0.3 is 41.5 Å². The molecule has 3 aliphatic rings. The van der Waals surface area contributed by atoms with E-state index >= 15 is 0 Å². The zero-order chi connectivity index (χ0) is 35.9. The van der Waals surface area contributed by atoms with Crippen LogP contribution in [0.2, 0.25) is 0 Å². The van der Waals surface area contributed by atoms with Crippen molar-refractivity contribution in [3.63, 3.8) is 0 Å². The summed E-state index contributed by atoms with van der Waals surface area (Å²) in [5, 5.41) is 42.5. The number of carboxylic acids is 1. The Kier molecular flexibility index (Phi) is 9.87. The maximum Gasteiger partial charge on any atom is 0.418 e. The summed E-state index contributed by atoms with van der Waals surface area (Å²) in [7, 11) is -5.04. The predicted molar refractivity (Wildman–Crippen MR) is 172 cm³/mol. The summed E-state index contributed by atoms with van der Waals surface area (Å²) >= 11 is 0.956. The number of aliphatic hydroxyl groups is 1. The van der Waals surface area contributed by atoms with Crippen LogP contribution in [0.5, 0.6) is 5.75 Å². The van der Waals surface area contributed by atoms with Crippen molar-refractivity contribution in [1.29, 1.82) is 5.41 Å². The normalized spacial score (nSPS) is 24.6. The second-order valence-corrected chi connectivity index (χ2v) is 14.3. The van der Waals surface area contributed by atoms with Crippen molar-refractivity contribution in [1.82, 2.24) is 26.0 Å². The monoisotopic (exact) mass is 724 g/mol. The molecule has 266 valence electrons. The number of benzene rings is 1. The molecule has 21 heteroatoms. The first-order chi connectivity index (χ1) is 22.9. The molecule has 0 radical (unpaired) electrons. The van der Waals surface area contributed by atoms with Crippen LogP contribution in [-0.2, 0) is 40.3 Å². The molecule has 2 amide bonds. The fraction of sp³-hybridized carbons (Fsp3) is 0.500. The minimum absolute atomic E-state index is 0.0116. The van der Waals surface area contributed by atoms with Crippen molar-refractivity contribution in [2.45, 2.75) is 75.4 Å². The van der Waals surface area contributed by atoms with Crippen LogP contribution in [0.3, 0.4) is 0 Å². The largest absolute Gasteiger partial charge is 0.485 e. The molecule has 0 spiro atoms. The highest BCUT2D eigenvalue weighted by molar-refractivity contribution is 7.80. The Hall–Kier alpha value is -4.41. The average Bonchev–Trinajstić information content (AvgIpc) is 3.69. The number of rotatable bonds is 12. The fourth-order valence-electron chi connectivity index (χ4n) is 5.68. The summed E-state index contributed by atoms with van der Waals surface area (Å²) in [6.45, 7) is 4.58. The number of aryl methyl sites for hydroxylation is 1. The number of carboxylic acid groups (broad SMARTS) is 1. The first-order valence-corrected chi connectivity index (χ1v) is 17.2. The Labute approximate surface area is 284 Å². The molecule has 0 saturated carbocycles. The molecule has 2 saturated heterocycles. The Bertz CT molecular complexity index is 1800. The minimum Gasteiger partial charge on any atom is -0.485 e. The number of aliphatic carboxylic acids is 1. The summed E-state index contributed by atoms with van der Waals surface area (Å²) < 4.78 is 41.7. The zero-order valence-electron chi connectivity index (χ0n) is 26.5. The molecule has 0 aliphatic carbocycles. The number of amidine groups is 1. The first kappa shape index (κ1) is 35.9. The number of carbonyl (C=O) groups excluding carboxylic acids is 2. The van der Waals surface area contributed by atoms with Crippen LogP contribution in [0.25, 0.3) is 0 Å². The number of amides is 2.